The number of aryl methyl sites for hydroxylation is 1. The zero-order valence-corrected chi connectivity index (χ0v) is 31.6. The number of ether oxygens (including phenoxy) is 2. The molecule has 1 unspecified atom stereocenters. The minimum atomic E-state index is -0.611. The summed E-state index contributed by atoms with van der Waals surface area (Å²) in [6, 6.07) is 28.1. The van der Waals surface area contributed by atoms with Gasteiger partial charge in [0.15, 0.2) is 11.5 Å². The highest BCUT2D eigenvalue weighted by molar-refractivity contribution is 6.48. The molecule has 1 aromatic heterocycles. The Labute approximate surface area is 316 Å². The Morgan fingerprint density at radius 2 is 1.74 bits per heavy atom. The van der Waals surface area contributed by atoms with E-state index in [0.29, 0.717) is 28.9 Å². The molecule has 0 fully saturated rings. The van der Waals surface area contributed by atoms with Gasteiger partial charge < -0.3 is 19.7 Å². The number of rotatable bonds is 15. The number of fused-ring (bicyclic) bond motifs is 2. The summed E-state index contributed by atoms with van der Waals surface area (Å²) < 4.78 is 12.4. The minimum Gasteiger partial charge on any atom is -0.495 e. The number of benzene rings is 4. The van der Waals surface area contributed by atoms with Gasteiger partial charge in [0.1, 0.15) is 5.75 Å². The van der Waals surface area contributed by atoms with Crippen molar-refractivity contribution < 1.29 is 19.1 Å². The number of amides is 1. The molecule has 0 saturated carbocycles. The van der Waals surface area contributed by atoms with Crippen LogP contribution in [0.1, 0.15) is 86.1 Å². The molecule has 2 heterocycles. The lowest BCUT2D eigenvalue weighted by atomic mass is 9.93. The molecule has 0 bridgehead atoms. The van der Waals surface area contributed by atoms with Gasteiger partial charge in [-0.3, -0.25) is 14.2 Å². The first-order chi connectivity index (χ1) is 26.3. The number of nitrogens with one attached hydrogen (secondary N) is 1. The summed E-state index contributed by atoms with van der Waals surface area (Å²) in [5, 5.41) is 3.41. The van der Waals surface area contributed by atoms with Crippen LogP contribution in [0.25, 0.3) is 10.9 Å². The molecule has 5 aromatic rings. The second kappa shape index (κ2) is 17.8. The van der Waals surface area contributed by atoms with Crippen LogP contribution in [-0.4, -0.2) is 53.9 Å². The number of methoxy groups -OCH3 is 1. The van der Waals surface area contributed by atoms with Crippen molar-refractivity contribution in [1.82, 2.24) is 9.55 Å². The highest BCUT2D eigenvalue weighted by atomic mass is 16.5. The van der Waals surface area contributed by atoms with E-state index in [0.717, 1.165) is 68.4 Å². The lowest BCUT2D eigenvalue weighted by molar-refractivity contribution is -0.110. The lowest BCUT2D eigenvalue weighted by Crippen LogP contribution is -2.35. The number of aliphatic imine (C=N–C) groups is 1. The molecule has 1 amide bonds. The predicted molar refractivity (Wildman–Crippen MR) is 216 cm³/mol. The topological polar surface area (TPSA) is 115 Å². The molecule has 1 aliphatic heterocycles. The van der Waals surface area contributed by atoms with Crippen molar-refractivity contribution in [1.29, 1.82) is 0 Å². The molecule has 0 saturated heterocycles. The van der Waals surface area contributed by atoms with E-state index in [9.17, 15) is 14.4 Å². The van der Waals surface area contributed by atoms with Crippen LogP contribution < -0.4 is 20.5 Å². The van der Waals surface area contributed by atoms with Crippen LogP contribution in [0.5, 0.6) is 5.75 Å². The lowest BCUT2D eigenvalue weighted by Gasteiger charge is -2.30. The molecular weight excluding hydrogens is 679 g/mol. The maximum absolute atomic E-state index is 14.8. The summed E-state index contributed by atoms with van der Waals surface area (Å²) in [4.78, 5) is 54.4. The molecule has 10 heteroatoms. The number of carbonyl (C=O) groups excluding carboxylic acids is 2. The first-order valence-electron chi connectivity index (χ1n) is 19.0. The maximum Gasteiger partial charge on any atom is 0.338 e. The summed E-state index contributed by atoms with van der Waals surface area (Å²) >= 11 is 0. The van der Waals surface area contributed by atoms with Crippen molar-refractivity contribution >= 4 is 45.6 Å². The fourth-order valence-corrected chi connectivity index (χ4v) is 7.19. The Balaban J connectivity index is 1.54. The first-order valence-corrected chi connectivity index (χ1v) is 19.0. The van der Waals surface area contributed by atoms with Crippen molar-refractivity contribution in [3.05, 3.63) is 124 Å². The number of esters is 1. The molecule has 4 aromatic carbocycles. The van der Waals surface area contributed by atoms with E-state index >= 15 is 0 Å². The van der Waals surface area contributed by atoms with Crippen LogP contribution in [0.4, 0.5) is 17.1 Å². The van der Waals surface area contributed by atoms with Crippen LogP contribution in [-0.2, 0) is 22.5 Å². The molecule has 1 atom stereocenters. The van der Waals surface area contributed by atoms with Gasteiger partial charge in [-0.25, -0.2) is 14.8 Å². The normalized spacial score (nSPS) is 13.3. The second-order valence-electron chi connectivity index (χ2n) is 13.5. The third-order valence-corrected chi connectivity index (χ3v) is 9.98. The van der Waals surface area contributed by atoms with Crippen molar-refractivity contribution in [2.75, 3.05) is 37.0 Å². The smallest absolute Gasteiger partial charge is 0.338 e. The van der Waals surface area contributed by atoms with Gasteiger partial charge in [0.2, 0.25) is 0 Å². The molecule has 1 aliphatic rings. The molecule has 0 spiro atoms. The van der Waals surface area contributed by atoms with Gasteiger partial charge in [-0.2, -0.15) is 0 Å². The Bertz CT molecular complexity index is 2200. The standard InChI is InChI=1S/C44H49N5O5/c1-5-8-10-18-33(30-16-11-9-12-17-30)29-49-41(46-36-21-14-13-20-35(36)43(49)51)40(45-34-23-24-38-31(27-34)19-15-26-48(38)6-2)42(50)47-37-28-32(44(52)54-7-3)22-25-39(37)53-4/h9,11-14,16-17,20-25,27-28,33H,5-8,10,15,18-19,26,29H2,1-4H3,(H,47,50). The quantitative estimate of drug-likeness (QED) is 0.0654. The molecule has 0 radical (unpaired) electrons. The summed E-state index contributed by atoms with van der Waals surface area (Å²) in [6.07, 6.45) is 5.89. The molecule has 280 valence electrons. The Morgan fingerprint density at radius 3 is 2.50 bits per heavy atom. The zero-order valence-electron chi connectivity index (χ0n) is 31.6. The van der Waals surface area contributed by atoms with E-state index in [1.54, 1.807) is 35.8 Å². The maximum atomic E-state index is 14.8. The Hall–Kier alpha value is -5.77. The van der Waals surface area contributed by atoms with Gasteiger partial charge >= 0.3 is 5.97 Å². The second-order valence-corrected chi connectivity index (χ2v) is 13.5. The number of carbonyl (C=O) groups is 2. The van der Waals surface area contributed by atoms with Crippen LogP contribution in [0, 0.1) is 0 Å². The van der Waals surface area contributed by atoms with Crippen LogP contribution in [0.2, 0.25) is 0 Å². The molecular formula is C44H49N5O5. The van der Waals surface area contributed by atoms with Crippen molar-refractivity contribution in [3.63, 3.8) is 0 Å². The van der Waals surface area contributed by atoms with Crippen LogP contribution >= 0.6 is 0 Å². The van der Waals surface area contributed by atoms with E-state index in [4.69, 9.17) is 19.5 Å². The van der Waals surface area contributed by atoms with E-state index in [-0.39, 0.29) is 40.9 Å². The monoisotopic (exact) mass is 727 g/mol. The molecule has 1 N–H and O–H groups in total. The predicted octanol–water partition coefficient (Wildman–Crippen LogP) is 8.48. The molecule has 10 nitrogen and oxygen atoms in total. The average Bonchev–Trinajstić information content (AvgIpc) is 3.20. The van der Waals surface area contributed by atoms with Gasteiger partial charge in [-0.05, 0) is 92.8 Å². The largest absolute Gasteiger partial charge is 0.495 e. The third kappa shape index (κ3) is 8.54. The molecule has 54 heavy (non-hydrogen) atoms. The number of hydrogen-bond acceptors (Lipinski definition) is 8. The van der Waals surface area contributed by atoms with Crippen molar-refractivity contribution in [3.8, 4) is 5.75 Å². The Kier molecular flexibility index (Phi) is 12.5. The van der Waals surface area contributed by atoms with Crippen LogP contribution in [0.3, 0.4) is 0 Å². The van der Waals surface area contributed by atoms with Gasteiger partial charge in [-0.1, -0.05) is 68.7 Å². The van der Waals surface area contributed by atoms with Crippen molar-refractivity contribution in [2.24, 2.45) is 4.99 Å². The van der Waals surface area contributed by atoms with Crippen LogP contribution in [0.15, 0.2) is 101 Å². The van der Waals surface area contributed by atoms with E-state index in [1.807, 2.05) is 42.5 Å². The van der Waals surface area contributed by atoms with E-state index in [1.165, 1.54) is 13.2 Å². The number of anilines is 2. The average molecular weight is 728 g/mol. The minimum absolute atomic E-state index is 0.0217. The Morgan fingerprint density at radius 1 is 0.944 bits per heavy atom. The summed E-state index contributed by atoms with van der Waals surface area (Å²) in [6.45, 7) is 8.43. The van der Waals surface area contributed by atoms with E-state index < -0.39 is 11.9 Å². The number of para-hydroxylation sites is 1. The number of unbranched alkanes of at least 4 members (excludes halogenated alkanes) is 2. The first kappa shape index (κ1) is 38.0. The SMILES string of the molecule is CCCCCC(Cn1c(C(=Nc2ccc3c(c2)CCCN3CC)C(=O)Nc2cc(C(=O)OCC)ccc2OC)nc2ccccc2c1=O)c1ccccc1. The van der Waals surface area contributed by atoms with Gasteiger partial charge in [0.25, 0.3) is 11.5 Å². The molecule has 0 aliphatic carbocycles. The fraction of sp³-hybridized carbons (Fsp3) is 0.341. The highest BCUT2D eigenvalue weighted by Gasteiger charge is 2.27. The molecule has 6 rings (SSSR count). The summed E-state index contributed by atoms with van der Waals surface area (Å²) in [5.74, 6) is -0.666. The third-order valence-electron chi connectivity index (χ3n) is 9.98. The number of aromatic nitrogens is 2. The zero-order chi connectivity index (χ0) is 38.0. The van der Waals surface area contributed by atoms with Gasteiger partial charge in [-0.15, -0.1) is 0 Å². The summed E-state index contributed by atoms with van der Waals surface area (Å²) in [5.41, 5.74) is 4.66. The number of nitrogens with zero attached hydrogens (tertiary/aromatic N) is 4. The van der Waals surface area contributed by atoms with Gasteiger partial charge in [0, 0.05) is 31.2 Å². The fourth-order valence-electron chi connectivity index (χ4n) is 7.19. The van der Waals surface area contributed by atoms with Gasteiger partial charge in [0.05, 0.1) is 41.6 Å². The highest BCUT2D eigenvalue weighted by Crippen LogP contribution is 2.32. The number of hydrogen-bond donors (Lipinski definition) is 1. The van der Waals surface area contributed by atoms with Crippen molar-refractivity contribution in [2.45, 2.75) is 71.8 Å². The van der Waals surface area contributed by atoms with E-state index in [2.05, 4.69) is 42.3 Å². The summed E-state index contributed by atoms with van der Waals surface area (Å²) in [7, 11) is 1.49.